The first-order valence-electron chi connectivity index (χ1n) is 9.76. The summed E-state index contributed by atoms with van der Waals surface area (Å²) < 4.78 is 0. The molecule has 31 heavy (non-hydrogen) atoms. The summed E-state index contributed by atoms with van der Waals surface area (Å²) in [5.41, 5.74) is 9.67. The van der Waals surface area contributed by atoms with Crippen molar-refractivity contribution in [2.75, 3.05) is 5.73 Å². The number of carbonyl (C=O) groups is 1. The van der Waals surface area contributed by atoms with Crippen LogP contribution in [0.25, 0.3) is 22.6 Å². The summed E-state index contributed by atoms with van der Waals surface area (Å²) >= 11 is 6.11. The third-order valence-corrected chi connectivity index (χ3v) is 5.34. The summed E-state index contributed by atoms with van der Waals surface area (Å²) in [6.07, 6.45) is 3.11. The minimum absolute atomic E-state index is 0.0758. The smallest absolute Gasteiger partial charge is 0.187 e. The average Bonchev–Trinajstić information content (AvgIpc) is 3.14. The molecule has 4 rings (SSSR count). The predicted octanol–water partition coefficient (Wildman–Crippen LogP) is 4.08. The summed E-state index contributed by atoms with van der Waals surface area (Å²) in [5, 5.41) is 0.0758. The van der Waals surface area contributed by atoms with Gasteiger partial charge in [-0.3, -0.25) is 4.79 Å². The number of nitrogen functional groups attached to an aromatic ring is 1. The number of nitrogens with one attached hydrogen (secondary N) is 1. The van der Waals surface area contributed by atoms with Gasteiger partial charge in [-0.25, -0.2) is 24.9 Å². The number of halogens is 1. The van der Waals surface area contributed by atoms with E-state index in [1.54, 1.807) is 6.20 Å². The fourth-order valence-corrected chi connectivity index (χ4v) is 3.35. The summed E-state index contributed by atoms with van der Waals surface area (Å²) in [6, 6.07) is 5.84. The highest BCUT2D eigenvalue weighted by atomic mass is 35.5. The highest BCUT2D eigenvalue weighted by Crippen LogP contribution is 2.26. The molecule has 8 nitrogen and oxygen atoms in total. The lowest BCUT2D eigenvalue weighted by atomic mass is 9.96. The van der Waals surface area contributed by atoms with Crippen LogP contribution in [0.15, 0.2) is 30.7 Å². The molecule has 0 saturated carbocycles. The van der Waals surface area contributed by atoms with Gasteiger partial charge in [-0.1, -0.05) is 44.5 Å². The summed E-state index contributed by atoms with van der Waals surface area (Å²) in [5.74, 6) is 1.25. The van der Waals surface area contributed by atoms with Crippen LogP contribution in [0.2, 0.25) is 5.02 Å². The largest absolute Gasteiger partial charge is 0.382 e. The van der Waals surface area contributed by atoms with Crippen LogP contribution in [0.4, 0.5) is 5.82 Å². The number of hydrogen-bond donors (Lipinski definition) is 2. The fraction of sp³-hybridized carbons (Fsp3) is 0.273. The number of H-pyrrole nitrogens is 1. The van der Waals surface area contributed by atoms with Crippen LogP contribution in [0, 0.1) is 6.92 Å². The van der Waals surface area contributed by atoms with E-state index in [1.807, 2.05) is 25.1 Å². The Bertz CT molecular complexity index is 1310. The van der Waals surface area contributed by atoms with E-state index in [4.69, 9.17) is 17.3 Å². The zero-order chi connectivity index (χ0) is 22.3. The molecule has 4 aromatic rings. The third-order valence-electron chi connectivity index (χ3n) is 4.96. The molecule has 0 atom stereocenters. The lowest BCUT2D eigenvalue weighted by Gasteiger charge is -2.15. The van der Waals surface area contributed by atoms with Crippen LogP contribution in [0.3, 0.4) is 0 Å². The van der Waals surface area contributed by atoms with Gasteiger partial charge >= 0.3 is 0 Å². The summed E-state index contributed by atoms with van der Waals surface area (Å²) in [4.78, 5) is 37.5. The Hall–Kier alpha value is -3.39. The van der Waals surface area contributed by atoms with Gasteiger partial charge in [0.25, 0.3) is 0 Å². The molecule has 0 unspecified atom stereocenters. The van der Waals surface area contributed by atoms with Crippen molar-refractivity contribution < 1.29 is 4.79 Å². The van der Waals surface area contributed by atoms with Gasteiger partial charge in [0.2, 0.25) is 0 Å². The number of hydrogen-bond acceptors (Lipinski definition) is 7. The van der Waals surface area contributed by atoms with Crippen LogP contribution >= 0.6 is 11.6 Å². The van der Waals surface area contributed by atoms with Gasteiger partial charge in [0.15, 0.2) is 11.4 Å². The number of aryl methyl sites for hydroxylation is 1. The molecular formula is C22H22ClN7O. The second kappa shape index (κ2) is 7.70. The van der Waals surface area contributed by atoms with Crippen LogP contribution < -0.4 is 5.73 Å². The lowest BCUT2D eigenvalue weighted by molar-refractivity contribution is 0.0988. The molecule has 0 spiro atoms. The number of benzene rings is 1. The van der Waals surface area contributed by atoms with Gasteiger partial charge in [0, 0.05) is 17.4 Å². The number of nitrogens with zero attached hydrogens (tertiary/aromatic N) is 5. The van der Waals surface area contributed by atoms with Gasteiger partial charge in [-0.2, -0.15) is 0 Å². The molecule has 3 aromatic heterocycles. The lowest BCUT2D eigenvalue weighted by Crippen LogP contribution is -2.15. The van der Waals surface area contributed by atoms with Gasteiger partial charge in [-0.05, 0) is 24.1 Å². The zero-order valence-electron chi connectivity index (χ0n) is 17.7. The SMILES string of the molecule is Cc1ccc(-c2nc3nc(C(C)(C)C)ncc3[nH]2)cc1CC(=O)c1ncnc(N)c1Cl. The van der Waals surface area contributed by atoms with E-state index in [0.29, 0.717) is 11.5 Å². The standard InChI is InChI=1S/C22H22ClN7O/c1-11-5-6-12(7-13(11)8-15(31)17-16(23)18(24)27-10-26-17)19-28-14-9-25-21(22(2,3)4)30-20(14)29-19/h5-7,9-10H,8H2,1-4H3,(H2,24,26,27)(H,25,28,29,30). The van der Waals surface area contributed by atoms with Crippen LogP contribution in [-0.2, 0) is 11.8 Å². The molecule has 158 valence electrons. The highest BCUT2D eigenvalue weighted by Gasteiger charge is 2.20. The topological polar surface area (TPSA) is 123 Å². The number of aromatic amines is 1. The number of rotatable bonds is 4. The van der Waals surface area contributed by atoms with Crippen molar-refractivity contribution in [2.24, 2.45) is 0 Å². The number of ketones is 1. The van der Waals surface area contributed by atoms with Crippen molar-refractivity contribution in [1.82, 2.24) is 29.9 Å². The molecule has 9 heteroatoms. The first-order chi connectivity index (χ1) is 14.6. The van der Waals surface area contributed by atoms with E-state index in [0.717, 1.165) is 28.0 Å². The van der Waals surface area contributed by atoms with Crippen molar-refractivity contribution in [1.29, 1.82) is 0 Å². The number of Topliss-reactive ketones (excluding diaryl/α,β-unsaturated/α-hetero) is 1. The van der Waals surface area contributed by atoms with Crippen LogP contribution in [-0.4, -0.2) is 35.7 Å². The molecule has 0 fully saturated rings. The van der Waals surface area contributed by atoms with E-state index >= 15 is 0 Å². The number of carbonyl (C=O) groups excluding carboxylic acids is 1. The fourth-order valence-electron chi connectivity index (χ4n) is 3.15. The van der Waals surface area contributed by atoms with Gasteiger partial charge < -0.3 is 10.7 Å². The van der Waals surface area contributed by atoms with Crippen molar-refractivity contribution in [3.8, 4) is 11.4 Å². The number of imidazole rings is 1. The Morgan fingerprint density at radius 1 is 1.16 bits per heavy atom. The Morgan fingerprint density at radius 2 is 1.94 bits per heavy atom. The maximum absolute atomic E-state index is 12.8. The normalized spacial score (nSPS) is 11.8. The highest BCUT2D eigenvalue weighted by molar-refractivity contribution is 6.35. The minimum atomic E-state index is -0.232. The van der Waals surface area contributed by atoms with Gasteiger partial charge in [-0.15, -0.1) is 0 Å². The molecule has 0 radical (unpaired) electrons. The molecular weight excluding hydrogens is 414 g/mol. The van der Waals surface area contributed by atoms with Crippen molar-refractivity contribution in [3.63, 3.8) is 0 Å². The molecule has 1 aromatic carbocycles. The third kappa shape index (κ3) is 4.11. The number of aromatic nitrogens is 6. The minimum Gasteiger partial charge on any atom is -0.382 e. The average molecular weight is 436 g/mol. The first kappa shape index (κ1) is 20.9. The van der Waals surface area contributed by atoms with E-state index in [9.17, 15) is 4.79 Å². The summed E-state index contributed by atoms with van der Waals surface area (Å²) in [7, 11) is 0. The molecule has 0 amide bonds. The molecule has 3 heterocycles. The van der Waals surface area contributed by atoms with Gasteiger partial charge in [0.05, 0.1) is 6.20 Å². The monoisotopic (exact) mass is 435 g/mol. The number of nitrogens with two attached hydrogens (primary N) is 1. The Kier molecular flexibility index (Phi) is 5.18. The quantitative estimate of drug-likeness (QED) is 0.463. The Labute approximate surface area is 184 Å². The van der Waals surface area contributed by atoms with Crippen molar-refractivity contribution in [2.45, 2.75) is 39.5 Å². The Balaban J connectivity index is 1.68. The van der Waals surface area contributed by atoms with E-state index < -0.39 is 0 Å². The molecule has 0 aliphatic rings. The van der Waals surface area contributed by atoms with E-state index in [2.05, 4.69) is 50.7 Å². The second-order valence-corrected chi connectivity index (χ2v) is 8.81. The summed E-state index contributed by atoms with van der Waals surface area (Å²) in [6.45, 7) is 8.12. The van der Waals surface area contributed by atoms with Crippen LogP contribution in [0.1, 0.15) is 48.2 Å². The maximum Gasteiger partial charge on any atom is 0.187 e. The predicted molar refractivity (Wildman–Crippen MR) is 120 cm³/mol. The van der Waals surface area contributed by atoms with Gasteiger partial charge in [0.1, 0.15) is 40.0 Å². The molecule has 0 aliphatic carbocycles. The van der Waals surface area contributed by atoms with Crippen molar-refractivity contribution in [3.05, 3.63) is 58.4 Å². The maximum atomic E-state index is 12.8. The van der Waals surface area contributed by atoms with Crippen LogP contribution in [0.5, 0.6) is 0 Å². The Morgan fingerprint density at radius 3 is 2.68 bits per heavy atom. The zero-order valence-corrected chi connectivity index (χ0v) is 18.4. The molecule has 3 N–H and O–H groups in total. The molecule has 0 saturated heterocycles. The van der Waals surface area contributed by atoms with E-state index in [-0.39, 0.29) is 34.2 Å². The molecule has 0 aliphatic heterocycles. The first-order valence-corrected chi connectivity index (χ1v) is 10.1. The number of anilines is 1. The molecule has 0 bridgehead atoms. The van der Waals surface area contributed by atoms with E-state index in [1.165, 1.54) is 6.33 Å². The number of fused-ring (bicyclic) bond motifs is 1. The second-order valence-electron chi connectivity index (χ2n) is 8.43. The van der Waals surface area contributed by atoms with Crippen molar-refractivity contribution >= 4 is 34.4 Å².